The van der Waals surface area contributed by atoms with Gasteiger partial charge in [-0.3, -0.25) is 4.79 Å². The number of carbonyl (C=O) groups is 1. The Hall–Kier alpha value is -2.40. The fourth-order valence-electron chi connectivity index (χ4n) is 2.27. The van der Waals surface area contributed by atoms with Gasteiger partial charge in [0.15, 0.2) is 0 Å². The second kappa shape index (κ2) is 7.74. The maximum Gasteiger partial charge on any atom is 0.252 e. The zero-order chi connectivity index (χ0) is 16.7. The summed E-state index contributed by atoms with van der Waals surface area (Å²) in [5.74, 6) is 0.556. The standard InChI is InChI=1S/C18H23N3O2/c1-3-19-17(22)14-9-10-16(21-13-14)20-12-11-18(2,23)15-7-5-4-6-8-15/h4-10,13,23H,3,11-12H2,1-2H3,(H,19,22)(H,20,21). The molecular formula is C18H23N3O2. The van der Waals surface area contributed by atoms with E-state index in [0.29, 0.717) is 30.9 Å². The first-order valence-electron chi connectivity index (χ1n) is 7.79. The average Bonchev–Trinajstić information content (AvgIpc) is 2.56. The third kappa shape index (κ3) is 4.79. The van der Waals surface area contributed by atoms with Gasteiger partial charge in [-0.15, -0.1) is 0 Å². The number of aromatic nitrogens is 1. The molecule has 1 heterocycles. The van der Waals surface area contributed by atoms with Crippen molar-refractivity contribution in [2.75, 3.05) is 18.4 Å². The van der Waals surface area contributed by atoms with Crippen LogP contribution in [0, 0.1) is 0 Å². The van der Waals surface area contributed by atoms with Gasteiger partial charge < -0.3 is 15.7 Å². The highest BCUT2D eigenvalue weighted by molar-refractivity contribution is 5.93. The Kier molecular flexibility index (Phi) is 5.71. The summed E-state index contributed by atoms with van der Waals surface area (Å²) in [4.78, 5) is 15.9. The van der Waals surface area contributed by atoms with E-state index in [4.69, 9.17) is 0 Å². The van der Waals surface area contributed by atoms with Crippen molar-refractivity contribution in [2.24, 2.45) is 0 Å². The topological polar surface area (TPSA) is 74.2 Å². The molecule has 1 aromatic carbocycles. The van der Waals surface area contributed by atoms with Gasteiger partial charge in [-0.1, -0.05) is 30.3 Å². The molecule has 0 radical (unpaired) electrons. The number of nitrogens with zero attached hydrogens (tertiary/aromatic N) is 1. The Morgan fingerprint density at radius 1 is 1.22 bits per heavy atom. The molecule has 0 saturated heterocycles. The van der Waals surface area contributed by atoms with Crippen molar-refractivity contribution >= 4 is 11.7 Å². The van der Waals surface area contributed by atoms with Crippen LogP contribution in [0.5, 0.6) is 0 Å². The highest BCUT2D eigenvalue weighted by atomic mass is 16.3. The molecule has 122 valence electrons. The second-order valence-corrected chi connectivity index (χ2v) is 5.61. The summed E-state index contributed by atoms with van der Waals surface area (Å²) < 4.78 is 0. The molecule has 1 unspecified atom stereocenters. The first-order chi connectivity index (χ1) is 11.0. The van der Waals surface area contributed by atoms with Crippen molar-refractivity contribution in [3.63, 3.8) is 0 Å². The molecule has 2 rings (SSSR count). The monoisotopic (exact) mass is 313 g/mol. The summed E-state index contributed by atoms with van der Waals surface area (Å²) in [6, 6.07) is 13.1. The second-order valence-electron chi connectivity index (χ2n) is 5.61. The molecule has 0 bridgehead atoms. The molecule has 5 heteroatoms. The van der Waals surface area contributed by atoms with Crippen LogP contribution in [0.3, 0.4) is 0 Å². The molecular weight excluding hydrogens is 290 g/mol. The summed E-state index contributed by atoms with van der Waals surface area (Å²) in [6.45, 7) is 4.85. The van der Waals surface area contributed by atoms with Crippen LogP contribution in [0.25, 0.3) is 0 Å². The van der Waals surface area contributed by atoms with Gasteiger partial charge >= 0.3 is 0 Å². The number of amides is 1. The van der Waals surface area contributed by atoms with Crippen LogP contribution in [0.15, 0.2) is 48.7 Å². The first-order valence-corrected chi connectivity index (χ1v) is 7.79. The lowest BCUT2D eigenvalue weighted by Gasteiger charge is -2.24. The lowest BCUT2D eigenvalue weighted by molar-refractivity contribution is 0.0515. The molecule has 0 aliphatic rings. The molecule has 1 aromatic heterocycles. The zero-order valence-electron chi connectivity index (χ0n) is 13.5. The van der Waals surface area contributed by atoms with Crippen molar-refractivity contribution in [3.05, 3.63) is 59.8 Å². The maximum atomic E-state index is 11.7. The van der Waals surface area contributed by atoms with Crippen LogP contribution >= 0.6 is 0 Å². The van der Waals surface area contributed by atoms with E-state index < -0.39 is 5.60 Å². The molecule has 1 amide bonds. The SMILES string of the molecule is CCNC(=O)c1ccc(NCCC(C)(O)c2ccccc2)nc1. The summed E-state index contributed by atoms with van der Waals surface area (Å²) in [5, 5.41) is 16.4. The summed E-state index contributed by atoms with van der Waals surface area (Å²) >= 11 is 0. The Bertz CT molecular complexity index is 624. The molecule has 0 aliphatic heterocycles. The van der Waals surface area contributed by atoms with Gasteiger partial charge in [0, 0.05) is 19.3 Å². The molecule has 5 nitrogen and oxygen atoms in total. The molecule has 3 N–H and O–H groups in total. The molecule has 0 aliphatic carbocycles. The zero-order valence-corrected chi connectivity index (χ0v) is 13.5. The average molecular weight is 313 g/mol. The Balaban J connectivity index is 1.88. The number of carbonyl (C=O) groups excluding carboxylic acids is 1. The molecule has 1 atom stereocenters. The van der Waals surface area contributed by atoms with E-state index in [1.165, 1.54) is 0 Å². The Morgan fingerprint density at radius 2 is 1.96 bits per heavy atom. The van der Waals surface area contributed by atoms with Crippen LogP contribution in [0.2, 0.25) is 0 Å². The number of rotatable bonds is 7. The van der Waals surface area contributed by atoms with Crippen LogP contribution in [0.1, 0.15) is 36.2 Å². The number of aliphatic hydroxyl groups is 1. The molecule has 23 heavy (non-hydrogen) atoms. The number of hydrogen-bond donors (Lipinski definition) is 3. The fraction of sp³-hybridized carbons (Fsp3) is 0.333. The minimum atomic E-state index is -0.894. The number of benzene rings is 1. The first kappa shape index (κ1) is 17.0. The molecule has 0 spiro atoms. The summed E-state index contributed by atoms with van der Waals surface area (Å²) in [6.07, 6.45) is 2.10. The van der Waals surface area contributed by atoms with Crippen LogP contribution in [0.4, 0.5) is 5.82 Å². The third-order valence-corrected chi connectivity index (χ3v) is 3.68. The highest BCUT2D eigenvalue weighted by Gasteiger charge is 2.22. The van der Waals surface area contributed by atoms with Gasteiger partial charge in [-0.2, -0.15) is 0 Å². The number of pyridine rings is 1. The van der Waals surface area contributed by atoms with Crippen molar-refractivity contribution in [3.8, 4) is 0 Å². The van der Waals surface area contributed by atoms with Crippen molar-refractivity contribution < 1.29 is 9.90 Å². The smallest absolute Gasteiger partial charge is 0.252 e. The molecule has 0 fully saturated rings. The minimum Gasteiger partial charge on any atom is -0.385 e. The largest absolute Gasteiger partial charge is 0.385 e. The van der Waals surface area contributed by atoms with Gasteiger partial charge in [0.1, 0.15) is 5.82 Å². The van der Waals surface area contributed by atoms with Crippen molar-refractivity contribution in [1.29, 1.82) is 0 Å². The van der Waals surface area contributed by atoms with E-state index in [1.807, 2.05) is 37.3 Å². The minimum absolute atomic E-state index is 0.126. The Labute approximate surface area is 136 Å². The summed E-state index contributed by atoms with van der Waals surface area (Å²) in [5.41, 5.74) is 0.532. The summed E-state index contributed by atoms with van der Waals surface area (Å²) in [7, 11) is 0. The van der Waals surface area contributed by atoms with Gasteiger partial charge in [0.2, 0.25) is 0 Å². The lowest BCUT2D eigenvalue weighted by atomic mass is 9.93. The van der Waals surface area contributed by atoms with Gasteiger partial charge in [0.05, 0.1) is 11.2 Å². The van der Waals surface area contributed by atoms with Gasteiger partial charge in [-0.05, 0) is 38.0 Å². The molecule has 2 aromatic rings. The van der Waals surface area contributed by atoms with E-state index in [9.17, 15) is 9.90 Å². The molecule has 0 saturated carbocycles. The van der Waals surface area contributed by atoms with Crippen LogP contribution < -0.4 is 10.6 Å². The highest BCUT2D eigenvalue weighted by Crippen LogP contribution is 2.23. The number of hydrogen-bond acceptors (Lipinski definition) is 4. The lowest BCUT2D eigenvalue weighted by Crippen LogP contribution is -2.25. The van der Waals surface area contributed by atoms with E-state index in [0.717, 1.165) is 5.56 Å². The number of anilines is 1. The number of nitrogens with one attached hydrogen (secondary N) is 2. The van der Waals surface area contributed by atoms with E-state index >= 15 is 0 Å². The van der Waals surface area contributed by atoms with E-state index in [2.05, 4.69) is 15.6 Å². The van der Waals surface area contributed by atoms with Crippen LogP contribution in [-0.2, 0) is 5.60 Å². The Morgan fingerprint density at radius 3 is 2.57 bits per heavy atom. The van der Waals surface area contributed by atoms with Crippen molar-refractivity contribution in [2.45, 2.75) is 25.9 Å². The van der Waals surface area contributed by atoms with Gasteiger partial charge in [-0.25, -0.2) is 4.98 Å². The predicted molar refractivity (Wildman–Crippen MR) is 91.4 cm³/mol. The normalized spacial score (nSPS) is 13.2. The quantitative estimate of drug-likeness (QED) is 0.734. The van der Waals surface area contributed by atoms with E-state index in [1.54, 1.807) is 25.3 Å². The van der Waals surface area contributed by atoms with Crippen molar-refractivity contribution in [1.82, 2.24) is 10.3 Å². The third-order valence-electron chi connectivity index (χ3n) is 3.68. The van der Waals surface area contributed by atoms with Gasteiger partial charge in [0.25, 0.3) is 5.91 Å². The fourth-order valence-corrected chi connectivity index (χ4v) is 2.27. The van der Waals surface area contributed by atoms with Crippen LogP contribution in [-0.4, -0.2) is 29.1 Å². The van der Waals surface area contributed by atoms with E-state index in [-0.39, 0.29) is 5.91 Å². The maximum absolute atomic E-state index is 11.7. The predicted octanol–water partition coefficient (Wildman–Crippen LogP) is 2.54.